The molecule has 2 nitrogen and oxygen atoms in total. The van der Waals surface area contributed by atoms with Gasteiger partial charge in [-0.1, -0.05) is 22.9 Å². The smallest absolute Gasteiger partial charge is 0.178 e. The van der Waals surface area contributed by atoms with E-state index in [1.807, 2.05) is 12.1 Å². The predicted molar refractivity (Wildman–Crippen MR) is 69.8 cm³/mol. The molecule has 0 amide bonds. The Balaban J connectivity index is 2.76. The van der Waals surface area contributed by atoms with Gasteiger partial charge in [-0.2, -0.15) is 0 Å². The zero-order valence-corrected chi connectivity index (χ0v) is 11.2. The van der Waals surface area contributed by atoms with Gasteiger partial charge in [0.1, 0.15) is 0 Å². The Morgan fingerprint density at radius 3 is 2.93 bits per heavy atom. The second-order valence-electron chi connectivity index (χ2n) is 3.72. The molecule has 0 fully saturated rings. The van der Waals surface area contributed by atoms with E-state index < -0.39 is 0 Å². The van der Waals surface area contributed by atoms with Gasteiger partial charge in [0, 0.05) is 10.5 Å². The monoisotopic (exact) mass is 284 g/mol. The van der Waals surface area contributed by atoms with Crippen LogP contribution in [0.5, 0.6) is 0 Å². The zero-order valence-electron chi connectivity index (χ0n) is 8.75. The largest absolute Gasteiger partial charge is 0.331 e. The van der Waals surface area contributed by atoms with Crippen LogP contribution in [0.25, 0.3) is 11.0 Å². The van der Waals surface area contributed by atoms with Crippen LogP contribution in [-0.2, 0) is 0 Å². The lowest BCUT2D eigenvalue weighted by molar-refractivity contribution is 0.539. The van der Waals surface area contributed by atoms with E-state index in [9.17, 15) is 0 Å². The van der Waals surface area contributed by atoms with Gasteiger partial charge < -0.3 is 9.55 Å². The van der Waals surface area contributed by atoms with E-state index >= 15 is 0 Å². The van der Waals surface area contributed by atoms with Crippen LogP contribution in [0.1, 0.15) is 26.3 Å². The van der Waals surface area contributed by atoms with Crippen molar-refractivity contribution >= 4 is 39.2 Å². The average Bonchev–Trinajstić information content (AvgIpc) is 2.52. The third-order valence-corrected chi connectivity index (χ3v) is 3.50. The van der Waals surface area contributed by atoms with Crippen molar-refractivity contribution in [3.63, 3.8) is 0 Å². The van der Waals surface area contributed by atoms with E-state index in [1.165, 1.54) is 5.52 Å². The van der Waals surface area contributed by atoms with Crippen LogP contribution in [0.15, 0.2) is 22.7 Å². The van der Waals surface area contributed by atoms with Crippen molar-refractivity contribution in [3.8, 4) is 0 Å². The van der Waals surface area contributed by atoms with Gasteiger partial charge in [0.05, 0.1) is 11.0 Å². The minimum Gasteiger partial charge on any atom is -0.331 e. The number of imidazole rings is 1. The third-order valence-electron chi connectivity index (χ3n) is 2.71. The number of nitrogens with one attached hydrogen (secondary N) is 1. The molecule has 0 aliphatic carbocycles. The molecule has 1 aromatic heterocycles. The number of aromatic nitrogens is 2. The van der Waals surface area contributed by atoms with Crippen LogP contribution in [0.2, 0.25) is 0 Å². The van der Waals surface area contributed by atoms with Gasteiger partial charge in [0.2, 0.25) is 0 Å². The van der Waals surface area contributed by atoms with Gasteiger partial charge in [-0.3, -0.25) is 0 Å². The molecule has 1 aromatic carbocycles. The fourth-order valence-corrected chi connectivity index (χ4v) is 2.45. The van der Waals surface area contributed by atoms with E-state index in [-0.39, 0.29) is 0 Å². The molecule has 1 N–H and O–H groups in total. The lowest BCUT2D eigenvalue weighted by Crippen LogP contribution is -2.03. The van der Waals surface area contributed by atoms with E-state index in [2.05, 4.69) is 45.4 Å². The molecule has 0 aliphatic rings. The minimum atomic E-state index is 0.431. The fraction of sp³-hybridized carbons (Fsp3) is 0.364. The van der Waals surface area contributed by atoms with Gasteiger partial charge in [-0.25, -0.2) is 0 Å². The number of benzene rings is 1. The van der Waals surface area contributed by atoms with Crippen LogP contribution in [0, 0.1) is 4.77 Å². The number of rotatable bonds is 2. The molecule has 0 spiro atoms. The van der Waals surface area contributed by atoms with Gasteiger partial charge in [-0.05, 0) is 43.8 Å². The number of halogens is 1. The van der Waals surface area contributed by atoms with Crippen LogP contribution in [0.4, 0.5) is 0 Å². The topological polar surface area (TPSA) is 20.7 Å². The summed E-state index contributed by atoms with van der Waals surface area (Å²) in [6.45, 7) is 4.35. The summed E-state index contributed by atoms with van der Waals surface area (Å²) in [6.07, 6.45) is 1.08. The third kappa shape index (κ3) is 1.88. The first-order valence-electron chi connectivity index (χ1n) is 5.03. The highest BCUT2D eigenvalue weighted by atomic mass is 79.9. The van der Waals surface area contributed by atoms with Gasteiger partial charge in [0.25, 0.3) is 0 Å². The molecule has 2 rings (SSSR count). The first-order chi connectivity index (χ1) is 7.13. The number of hydrogen-bond donors (Lipinski definition) is 1. The molecular formula is C11H13BrN2S. The quantitative estimate of drug-likeness (QED) is 0.809. The lowest BCUT2D eigenvalue weighted by Gasteiger charge is -2.11. The predicted octanol–water partition coefficient (Wildman–Crippen LogP) is 4.43. The number of aromatic amines is 1. The van der Waals surface area contributed by atoms with E-state index in [0.29, 0.717) is 6.04 Å². The van der Waals surface area contributed by atoms with E-state index in [1.54, 1.807) is 0 Å². The Morgan fingerprint density at radius 2 is 2.27 bits per heavy atom. The number of H-pyrrole nitrogens is 1. The van der Waals surface area contributed by atoms with Gasteiger partial charge in [0.15, 0.2) is 4.77 Å². The summed E-state index contributed by atoms with van der Waals surface area (Å²) in [5.74, 6) is 0. The Hall–Kier alpha value is -0.610. The first kappa shape index (κ1) is 10.9. The number of hydrogen-bond acceptors (Lipinski definition) is 1. The number of nitrogens with zero attached hydrogens (tertiary/aromatic N) is 1. The van der Waals surface area contributed by atoms with E-state index in [4.69, 9.17) is 12.2 Å². The lowest BCUT2D eigenvalue weighted by atomic mass is 10.2. The van der Waals surface area contributed by atoms with Crippen molar-refractivity contribution in [2.45, 2.75) is 26.3 Å². The second-order valence-corrected chi connectivity index (χ2v) is 5.02. The highest BCUT2D eigenvalue weighted by Crippen LogP contribution is 2.23. The molecule has 15 heavy (non-hydrogen) atoms. The minimum absolute atomic E-state index is 0.431. The van der Waals surface area contributed by atoms with Gasteiger partial charge in [-0.15, -0.1) is 0 Å². The standard InChI is InChI=1S/C11H13BrN2S/c1-3-7(2)14-10-6-8(12)4-5-9(10)13-11(14)15/h4-7H,3H2,1-2H3,(H,13,15). The molecule has 80 valence electrons. The molecule has 0 saturated carbocycles. The van der Waals surface area contributed by atoms with Crippen molar-refractivity contribution in [2.24, 2.45) is 0 Å². The Kier molecular flexibility index (Phi) is 2.98. The molecule has 1 unspecified atom stereocenters. The van der Waals surface area contributed by atoms with Crippen molar-refractivity contribution in [1.29, 1.82) is 0 Å². The van der Waals surface area contributed by atoms with Gasteiger partial charge >= 0.3 is 0 Å². The molecule has 1 atom stereocenters. The van der Waals surface area contributed by atoms with Crippen molar-refractivity contribution in [3.05, 3.63) is 27.4 Å². The maximum Gasteiger partial charge on any atom is 0.178 e. The second kappa shape index (κ2) is 4.10. The molecule has 4 heteroatoms. The Labute approximate surface area is 102 Å². The summed E-state index contributed by atoms with van der Waals surface area (Å²) in [5, 5.41) is 0. The number of fused-ring (bicyclic) bond motifs is 1. The van der Waals surface area contributed by atoms with Crippen LogP contribution >= 0.6 is 28.1 Å². The summed E-state index contributed by atoms with van der Waals surface area (Å²) in [5.41, 5.74) is 2.27. The van der Waals surface area contributed by atoms with Crippen molar-refractivity contribution < 1.29 is 0 Å². The summed E-state index contributed by atoms with van der Waals surface area (Å²) >= 11 is 8.82. The summed E-state index contributed by atoms with van der Waals surface area (Å²) in [7, 11) is 0. The molecule has 0 radical (unpaired) electrons. The summed E-state index contributed by atoms with van der Waals surface area (Å²) in [4.78, 5) is 3.23. The van der Waals surface area contributed by atoms with Crippen molar-refractivity contribution in [2.75, 3.05) is 0 Å². The van der Waals surface area contributed by atoms with Crippen LogP contribution in [0.3, 0.4) is 0 Å². The highest BCUT2D eigenvalue weighted by Gasteiger charge is 2.09. The van der Waals surface area contributed by atoms with Crippen LogP contribution in [-0.4, -0.2) is 9.55 Å². The molecule has 2 aromatic rings. The normalized spacial score (nSPS) is 13.3. The SMILES string of the molecule is CCC(C)n1c(=S)[nH]c2ccc(Br)cc21. The molecule has 0 saturated heterocycles. The fourth-order valence-electron chi connectivity index (χ4n) is 1.71. The highest BCUT2D eigenvalue weighted by molar-refractivity contribution is 9.10. The van der Waals surface area contributed by atoms with Crippen molar-refractivity contribution in [1.82, 2.24) is 9.55 Å². The van der Waals surface area contributed by atoms with Crippen LogP contribution < -0.4 is 0 Å². The maximum atomic E-state index is 5.33. The average molecular weight is 285 g/mol. The molecule has 0 aliphatic heterocycles. The molecule has 0 bridgehead atoms. The molecule has 1 heterocycles. The first-order valence-corrected chi connectivity index (χ1v) is 6.23. The Bertz CT molecular complexity index is 541. The molecular weight excluding hydrogens is 272 g/mol. The zero-order chi connectivity index (χ0) is 11.0. The summed E-state index contributed by atoms with van der Waals surface area (Å²) < 4.78 is 4.06. The maximum absolute atomic E-state index is 5.33. The van der Waals surface area contributed by atoms with E-state index in [0.717, 1.165) is 21.2 Å². The Morgan fingerprint density at radius 1 is 1.53 bits per heavy atom. The summed E-state index contributed by atoms with van der Waals surface area (Å²) in [6, 6.07) is 6.61.